The highest BCUT2D eigenvalue weighted by Crippen LogP contribution is 2.46. The predicted octanol–water partition coefficient (Wildman–Crippen LogP) is 14.7. The number of hydrogen-bond acceptors (Lipinski definition) is 3. The van der Waals surface area contributed by atoms with E-state index >= 15 is 0 Å². The summed E-state index contributed by atoms with van der Waals surface area (Å²) in [6.45, 7) is 0. The molecule has 0 aliphatic rings. The molecule has 9 aromatic carbocycles. The van der Waals surface area contributed by atoms with Crippen LogP contribution in [0.5, 0.6) is 0 Å². The van der Waals surface area contributed by atoms with Crippen LogP contribution in [0.1, 0.15) is 0 Å². The predicted molar refractivity (Wildman–Crippen MR) is 252 cm³/mol. The van der Waals surface area contributed by atoms with E-state index in [1.807, 2.05) is 24.3 Å². The number of rotatable bonds is 5. The van der Waals surface area contributed by atoms with Crippen LogP contribution >= 0.6 is 0 Å². The van der Waals surface area contributed by atoms with Crippen LogP contribution in [0, 0.1) is 0 Å². The summed E-state index contributed by atoms with van der Waals surface area (Å²) in [5.74, 6) is 0.704. The van der Waals surface area contributed by atoms with E-state index in [9.17, 15) is 0 Å². The van der Waals surface area contributed by atoms with Gasteiger partial charge in [0.1, 0.15) is 11.2 Å². The van der Waals surface area contributed by atoms with Crippen molar-refractivity contribution in [2.24, 2.45) is 0 Å². The van der Waals surface area contributed by atoms with Crippen molar-refractivity contribution < 1.29 is 4.42 Å². The summed E-state index contributed by atoms with van der Waals surface area (Å²) in [6, 6.07) is 73.0. The zero-order valence-corrected chi connectivity index (χ0v) is 32.8. The highest BCUT2D eigenvalue weighted by molar-refractivity contribution is 6.33. The summed E-state index contributed by atoms with van der Waals surface area (Å²) >= 11 is 0. The maximum absolute atomic E-state index is 6.51. The molecule has 0 bridgehead atoms. The number of fused-ring (bicyclic) bond motifs is 12. The lowest BCUT2D eigenvalue weighted by molar-refractivity contribution is 0.669. The van der Waals surface area contributed by atoms with E-state index in [1.54, 1.807) is 0 Å². The van der Waals surface area contributed by atoms with Crippen LogP contribution in [0.15, 0.2) is 211 Å². The molecule has 0 aliphatic carbocycles. The molecule has 5 nitrogen and oxygen atoms in total. The minimum absolute atomic E-state index is 0.704. The summed E-state index contributed by atoms with van der Waals surface area (Å²) in [5, 5.41) is 8.10. The second kappa shape index (κ2) is 13.1. The number of nitrogens with zero attached hydrogens (tertiary/aromatic N) is 4. The van der Waals surface area contributed by atoms with E-state index in [0.717, 1.165) is 83.1 Å². The van der Waals surface area contributed by atoms with Gasteiger partial charge in [0.05, 0.1) is 38.7 Å². The van der Waals surface area contributed by atoms with E-state index in [1.165, 1.54) is 32.7 Å². The molecule has 0 saturated carbocycles. The maximum Gasteiger partial charge on any atom is 0.160 e. The first-order valence-corrected chi connectivity index (χ1v) is 20.7. The average Bonchev–Trinajstić information content (AvgIpc) is 3.99. The lowest BCUT2D eigenvalue weighted by Crippen LogP contribution is -1.97. The monoisotopic (exact) mass is 778 g/mol. The molecular formula is C56H34N4O. The highest BCUT2D eigenvalue weighted by Gasteiger charge is 2.24. The Hall–Kier alpha value is -8.28. The van der Waals surface area contributed by atoms with Crippen molar-refractivity contribution in [2.45, 2.75) is 0 Å². The number of benzene rings is 9. The summed E-state index contributed by atoms with van der Waals surface area (Å²) in [5.41, 5.74) is 14.8. The molecule has 4 aromatic heterocycles. The first-order valence-electron chi connectivity index (χ1n) is 20.7. The van der Waals surface area contributed by atoms with Gasteiger partial charge in [0.2, 0.25) is 0 Å². The Morgan fingerprint density at radius 3 is 1.67 bits per heavy atom. The van der Waals surface area contributed by atoms with Gasteiger partial charge in [-0.2, -0.15) is 0 Å². The average molecular weight is 779 g/mol. The Bertz CT molecular complexity index is 3840. The van der Waals surface area contributed by atoms with E-state index < -0.39 is 0 Å². The van der Waals surface area contributed by atoms with Crippen LogP contribution in [0.25, 0.3) is 122 Å². The van der Waals surface area contributed by atoms with Crippen molar-refractivity contribution in [3.8, 4) is 45.1 Å². The smallest absolute Gasteiger partial charge is 0.160 e. The Kier molecular flexibility index (Phi) is 7.24. The van der Waals surface area contributed by atoms with Crippen LogP contribution in [0.4, 0.5) is 0 Å². The summed E-state index contributed by atoms with van der Waals surface area (Å²) < 4.78 is 11.3. The van der Waals surface area contributed by atoms with Gasteiger partial charge in [0.25, 0.3) is 0 Å². The molecule has 4 heterocycles. The number of aromatic nitrogens is 4. The van der Waals surface area contributed by atoms with Crippen LogP contribution in [0.2, 0.25) is 0 Å². The van der Waals surface area contributed by atoms with Gasteiger partial charge in [-0.05, 0) is 90.0 Å². The molecule has 0 fully saturated rings. The largest absolute Gasteiger partial charge is 0.456 e. The Morgan fingerprint density at radius 2 is 0.902 bits per heavy atom. The molecule has 5 heteroatoms. The second-order valence-electron chi connectivity index (χ2n) is 15.7. The van der Waals surface area contributed by atoms with E-state index in [2.05, 4.69) is 191 Å². The molecule has 0 spiro atoms. The minimum atomic E-state index is 0.704. The third-order valence-electron chi connectivity index (χ3n) is 12.3. The maximum atomic E-state index is 6.51. The second-order valence-corrected chi connectivity index (χ2v) is 15.7. The molecule has 0 atom stereocenters. The molecule has 61 heavy (non-hydrogen) atoms. The zero-order chi connectivity index (χ0) is 40.0. The van der Waals surface area contributed by atoms with Crippen LogP contribution in [-0.4, -0.2) is 19.1 Å². The van der Waals surface area contributed by atoms with Crippen molar-refractivity contribution >= 4 is 76.5 Å². The summed E-state index contributed by atoms with van der Waals surface area (Å²) in [6.07, 6.45) is 0. The van der Waals surface area contributed by atoms with Gasteiger partial charge in [-0.25, -0.2) is 9.97 Å². The standard InChI is InChI=1S/C56H34N4O/c1-3-13-35(14-4-1)36-23-27-40(28-24-36)60-48-33-32-47-51(52(48)44-31-34-50-53(55(44)60)43-19-9-12-22-49(43)61-50)42-18-8-11-21-46(42)59(47)39-29-25-38(26-30-39)56-57-45-20-10-7-17-41(45)54(58-56)37-15-5-2-6-16-37/h1-34H. The molecule has 0 N–H and O–H groups in total. The quantitative estimate of drug-likeness (QED) is 0.175. The normalized spacial score (nSPS) is 11.9. The van der Waals surface area contributed by atoms with Gasteiger partial charge >= 0.3 is 0 Å². The molecule has 0 radical (unpaired) electrons. The molecular weight excluding hydrogens is 745 g/mol. The lowest BCUT2D eigenvalue weighted by Gasteiger charge is -2.12. The first kappa shape index (κ1) is 33.7. The van der Waals surface area contributed by atoms with Crippen molar-refractivity contribution in [1.29, 1.82) is 0 Å². The van der Waals surface area contributed by atoms with Crippen LogP contribution < -0.4 is 0 Å². The zero-order valence-electron chi connectivity index (χ0n) is 32.8. The van der Waals surface area contributed by atoms with Gasteiger partial charge in [0, 0.05) is 54.8 Å². The molecule has 0 unspecified atom stereocenters. The highest BCUT2D eigenvalue weighted by atomic mass is 16.3. The third kappa shape index (κ3) is 5.08. The summed E-state index contributed by atoms with van der Waals surface area (Å²) in [4.78, 5) is 10.2. The number of hydrogen-bond donors (Lipinski definition) is 0. The third-order valence-corrected chi connectivity index (χ3v) is 12.3. The fourth-order valence-electron chi connectivity index (χ4n) is 9.62. The van der Waals surface area contributed by atoms with Crippen LogP contribution in [0.3, 0.4) is 0 Å². The van der Waals surface area contributed by atoms with Gasteiger partial charge in [0.15, 0.2) is 5.82 Å². The van der Waals surface area contributed by atoms with Gasteiger partial charge in [-0.15, -0.1) is 0 Å². The molecule has 284 valence electrons. The van der Waals surface area contributed by atoms with E-state index in [-0.39, 0.29) is 0 Å². The Balaban J connectivity index is 1.04. The van der Waals surface area contributed by atoms with Gasteiger partial charge in [-0.1, -0.05) is 127 Å². The molecule has 0 amide bonds. The molecule has 0 aliphatic heterocycles. The SMILES string of the molecule is c1ccc(-c2ccc(-n3c4ccc5c(c6ccccc6n5-c5ccc(-c6nc(-c7ccccc7)c7ccccc7n6)cc5)c4c4ccc5oc6ccccc6c5c43)cc2)cc1. The number of furan rings is 1. The van der Waals surface area contributed by atoms with E-state index in [4.69, 9.17) is 14.4 Å². The molecule has 0 saturated heterocycles. The van der Waals surface area contributed by atoms with Crippen molar-refractivity contribution in [1.82, 2.24) is 19.1 Å². The summed E-state index contributed by atoms with van der Waals surface area (Å²) in [7, 11) is 0. The number of para-hydroxylation sites is 3. The van der Waals surface area contributed by atoms with Gasteiger partial charge < -0.3 is 13.6 Å². The molecule has 13 rings (SSSR count). The van der Waals surface area contributed by atoms with Crippen LogP contribution in [-0.2, 0) is 0 Å². The van der Waals surface area contributed by atoms with E-state index in [0.29, 0.717) is 5.82 Å². The van der Waals surface area contributed by atoms with Crippen molar-refractivity contribution in [2.75, 3.05) is 0 Å². The topological polar surface area (TPSA) is 48.8 Å². The van der Waals surface area contributed by atoms with Gasteiger partial charge in [-0.3, -0.25) is 0 Å². The Labute approximate surface area is 350 Å². The minimum Gasteiger partial charge on any atom is -0.456 e. The fraction of sp³-hybridized carbons (Fsp3) is 0. The first-order chi connectivity index (χ1) is 30.3. The fourth-order valence-corrected chi connectivity index (χ4v) is 9.62. The lowest BCUT2D eigenvalue weighted by atomic mass is 10.0. The van der Waals surface area contributed by atoms with Crippen molar-refractivity contribution in [3.05, 3.63) is 206 Å². The Morgan fingerprint density at radius 1 is 0.328 bits per heavy atom. The molecule has 13 aromatic rings. The van der Waals surface area contributed by atoms with Crippen molar-refractivity contribution in [3.63, 3.8) is 0 Å².